The van der Waals surface area contributed by atoms with Crippen LogP contribution in [0.1, 0.15) is 73.6 Å². The zero-order valence-corrected chi connectivity index (χ0v) is 12.5. The Bertz CT molecular complexity index is 233. The second kappa shape index (κ2) is 5.71. The van der Waals surface area contributed by atoms with Crippen molar-refractivity contribution in [2.75, 3.05) is 0 Å². The molecule has 2 unspecified atom stereocenters. The highest BCUT2D eigenvalue weighted by atomic mass is 17.2. The zero-order chi connectivity index (χ0) is 13.1. The van der Waals surface area contributed by atoms with E-state index in [1.807, 2.05) is 0 Å². The molecule has 0 N–H and O–H groups in total. The third kappa shape index (κ3) is 5.39. The molecule has 1 aliphatic carbocycles. The summed E-state index contributed by atoms with van der Waals surface area (Å²) in [5, 5.41) is 0. The lowest BCUT2D eigenvalue weighted by Crippen LogP contribution is -2.35. The van der Waals surface area contributed by atoms with Gasteiger partial charge < -0.3 is 0 Å². The summed E-state index contributed by atoms with van der Waals surface area (Å²) in [6, 6.07) is 0. The largest absolute Gasteiger partial charge is 0.233 e. The van der Waals surface area contributed by atoms with Gasteiger partial charge >= 0.3 is 0 Å². The molecule has 0 aromatic heterocycles. The van der Waals surface area contributed by atoms with Gasteiger partial charge in [-0.1, -0.05) is 34.1 Å². The van der Waals surface area contributed by atoms with Gasteiger partial charge in [-0.3, -0.25) is 0 Å². The van der Waals surface area contributed by atoms with E-state index in [1.165, 1.54) is 6.42 Å². The molecule has 0 aromatic rings. The van der Waals surface area contributed by atoms with Gasteiger partial charge in [0.1, 0.15) is 0 Å². The maximum Gasteiger partial charge on any atom is 0.0980 e. The first-order valence-corrected chi connectivity index (χ1v) is 7.08. The van der Waals surface area contributed by atoms with Crippen molar-refractivity contribution in [2.45, 2.75) is 85.4 Å². The molecule has 0 heterocycles. The summed E-state index contributed by atoms with van der Waals surface area (Å²) in [4.78, 5) is 11.4. The molecule has 0 aromatic carbocycles. The Kier molecular flexibility index (Phi) is 5.03. The van der Waals surface area contributed by atoms with Gasteiger partial charge in [0.2, 0.25) is 0 Å². The minimum absolute atomic E-state index is 0.153. The molecule has 2 atom stereocenters. The smallest absolute Gasteiger partial charge is 0.0980 e. The summed E-state index contributed by atoms with van der Waals surface area (Å²) < 4.78 is 0. The standard InChI is InChI=1S/C15H30O2/c1-7-8-15(5,6)17-16-13-9-12(2)10-14(3,4)11-13/h12-13H,7-11H2,1-6H3. The lowest BCUT2D eigenvalue weighted by atomic mass is 9.71. The predicted octanol–water partition coefficient (Wildman–Crippen LogP) is 4.73. The summed E-state index contributed by atoms with van der Waals surface area (Å²) in [6.07, 6.45) is 5.97. The Hall–Kier alpha value is -0.0800. The fraction of sp³-hybridized carbons (Fsp3) is 1.00. The normalized spacial score (nSPS) is 29.3. The molecule has 0 radical (unpaired) electrons. The lowest BCUT2D eigenvalue weighted by molar-refractivity contribution is -0.385. The Morgan fingerprint density at radius 1 is 1.24 bits per heavy atom. The molecule has 2 heteroatoms. The second-order valence-electron chi connectivity index (χ2n) is 7.22. The predicted molar refractivity (Wildman–Crippen MR) is 71.7 cm³/mol. The molecule has 1 aliphatic rings. The molecule has 17 heavy (non-hydrogen) atoms. The molecule has 2 nitrogen and oxygen atoms in total. The van der Waals surface area contributed by atoms with Crippen LogP contribution in [0.15, 0.2) is 0 Å². The maximum absolute atomic E-state index is 5.71. The first-order chi connectivity index (χ1) is 7.74. The average molecular weight is 242 g/mol. The molecule has 0 aliphatic heterocycles. The lowest BCUT2D eigenvalue weighted by Gasteiger charge is -2.39. The minimum Gasteiger partial charge on any atom is -0.233 e. The molecular formula is C15H30O2. The van der Waals surface area contributed by atoms with Gasteiger partial charge in [0.25, 0.3) is 0 Å². The first kappa shape index (κ1) is 15.0. The van der Waals surface area contributed by atoms with Crippen LogP contribution in [0.4, 0.5) is 0 Å². The third-order valence-electron chi connectivity index (χ3n) is 3.61. The third-order valence-corrected chi connectivity index (χ3v) is 3.61. The van der Waals surface area contributed by atoms with Crippen LogP contribution < -0.4 is 0 Å². The van der Waals surface area contributed by atoms with Crippen molar-refractivity contribution in [3.05, 3.63) is 0 Å². The zero-order valence-electron chi connectivity index (χ0n) is 12.5. The molecule has 0 bridgehead atoms. The van der Waals surface area contributed by atoms with Crippen LogP contribution in [0.2, 0.25) is 0 Å². The van der Waals surface area contributed by atoms with Crippen LogP contribution in [0.3, 0.4) is 0 Å². The van der Waals surface area contributed by atoms with Gasteiger partial charge in [0, 0.05) is 0 Å². The number of rotatable bonds is 5. The summed E-state index contributed by atoms with van der Waals surface area (Å²) >= 11 is 0. The van der Waals surface area contributed by atoms with E-state index in [4.69, 9.17) is 9.78 Å². The van der Waals surface area contributed by atoms with E-state index in [0.29, 0.717) is 5.41 Å². The van der Waals surface area contributed by atoms with Crippen molar-refractivity contribution in [3.63, 3.8) is 0 Å². The summed E-state index contributed by atoms with van der Waals surface area (Å²) in [6.45, 7) is 13.4. The van der Waals surface area contributed by atoms with Gasteiger partial charge in [0.05, 0.1) is 11.7 Å². The highest BCUT2D eigenvalue weighted by molar-refractivity contribution is 4.83. The van der Waals surface area contributed by atoms with Crippen LogP contribution in [0, 0.1) is 11.3 Å². The van der Waals surface area contributed by atoms with Crippen LogP contribution in [0.5, 0.6) is 0 Å². The van der Waals surface area contributed by atoms with E-state index >= 15 is 0 Å². The number of hydrogen-bond donors (Lipinski definition) is 0. The fourth-order valence-electron chi connectivity index (χ4n) is 3.17. The Morgan fingerprint density at radius 2 is 1.88 bits per heavy atom. The van der Waals surface area contributed by atoms with Crippen LogP contribution in [-0.2, 0) is 9.78 Å². The molecular weight excluding hydrogens is 212 g/mol. The van der Waals surface area contributed by atoms with Crippen molar-refractivity contribution < 1.29 is 9.78 Å². The molecule has 0 amide bonds. The van der Waals surface area contributed by atoms with Crippen molar-refractivity contribution in [1.82, 2.24) is 0 Å². The highest BCUT2D eigenvalue weighted by Gasteiger charge is 2.34. The van der Waals surface area contributed by atoms with Crippen LogP contribution in [0.25, 0.3) is 0 Å². The Labute approximate surface area is 107 Å². The van der Waals surface area contributed by atoms with Gasteiger partial charge in [-0.15, -0.1) is 0 Å². The molecule has 1 saturated carbocycles. The second-order valence-corrected chi connectivity index (χ2v) is 7.22. The number of hydrogen-bond acceptors (Lipinski definition) is 2. The van der Waals surface area contributed by atoms with E-state index in [0.717, 1.165) is 31.6 Å². The van der Waals surface area contributed by atoms with Crippen LogP contribution in [-0.4, -0.2) is 11.7 Å². The topological polar surface area (TPSA) is 18.5 Å². The van der Waals surface area contributed by atoms with E-state index in [-0.39, 0.29) is 11.7 Å². The highest BCUT2D eigenvalue weighted by Crippen LogP contribution is 2.40. The van der Waals surface area contributed by atoms with Gasteiger partial charge in [0.15, 0.2) is 0 Å². The first-order valence-electron chi connectivity index (χ1n) is 7.08. The summed E-state index contributed by atoms with van der Waals surface area (Å²) in [5.74, 6) is 0.738. The van der Waals surface area contributed by atoms with Crippen molar-refractivity contribution >= 4 is 0 Å². The van der Waals surface area contributed by atoms with E-state index in [9.17, 15) is 0 Å². The maximum atomic E-state index is 5.71. The SMILES string of the molecule is CCCC(C)(C)OOC1CC(C)CC(C)(C)C1. The molecule has 0 spiro atoms. The van der Waals surface area contributed by atoms with Gasteiger partial charge in [-0.25, -0.2) is 9.78 Å². The van der Waals surface area contributed by atoms with E-state index < -0.39 is 0 Å². The molecule has 1 fully saturated rings. The minimum atomic E-state index is -0.153. The quantitative estimate of drug-likeness (QED) is 0.512. The Morgan fingerprint density at radius 3 is 2.41 bits per heavy atom. The van der Waals surface area contributed by atoms with Crippen molar-refractivity contribution in [1.29, 1.82) is 0 Å². The monoisotopic (exact) mass is 242 g/mol. The van der Waals surface area contributed by atoms with Crippen LogP contribution >= 0.6 is 0 Å². The molecule has 0 saturated heterocycles. The van der Waals surface area contributed by atoms with E-state index in [2.05, 4.69) is 41.5 Å². The van der Waals surface area contributed by atoms with E-state index in [1.54, 1.807) is 0 Å². The fourth-order valence-corrected chi connectivity index (χ4v) is 3.17. The van der Waals surface area contributed by atoms with Gasteiger partial charge in [-0.2, -0.15) is 0 Å². The molecule has 102 valence electrons. The summed E-state index contributed by atoms with van der Waals surface area (Å²) in [7, 11) is 0. The Balaban J connectivity index is 2.41. The van der Waals surface area contributed by atoms with Gasteiger partial charge in [-0.05, 0) is 50.9 Å². The summed E-state index contributed by atoms with van der Waals surface area (Å²) in [5.41, 5.74) is 0.236. The van der Waals surface area contributed by atoms with Crippen molar-refractivity contribution in [3.8, 4) is 0 Å². The average Bonchev–Trinajstić information content (AvgIpc) is 2.11. The molecule has 1 rings (SSSR count). The van der Waals surface area contributed by atoms with Crippen molar-refractivity contribution in [2.24, 2.45) is 11.3 Å².